The molecule has 0 saturated carbocycles. The van der Waals surface area contributed by atoms with Crippen LogP contribution in [0.3, 0.4) is 0 Å². The van der Waals surface area contributed by atoms with Crippen LogP contribution < -0.4 is 0 Å². The summed E-state index contributed by atoms with van der Waals surface area (Å²) in [5.41, 5.74) is 7.02. The van der Waals surface area contributed by atoms with Gasteiger partial charge in [-0.25, -0.2) is 4.39 Å². The summed E-state index contributed by atoms with van der Waals surface area (Å²) < 4.78 is 20.2. The Bertz CT molecular complexity index is 1070. The Morgan fingerprint density at radius 1 is 0.962 bits per heavy atom. The second-order valence-electron chi connectivity index (χ2n) is 6.90. The molecule has 0 aliphatic rings. The summed E-state index contributed by atoms with van der Waals surface area (Å²) >= 11 is 0. The van der Waals surface area contributed by atoms with Gasteiger partial charge < -0.3 is 9.40 Å². The molecule has 2 aromatic heterocycles. The number of aromatic nitrogens is 1. The van der Waals surface area contributed by atoms with Crippen LogP contribution in [-0.2, 0) is 6.42 Å². The van der Waals surface area contributed by atoms with E-state index in [1.165, 1.54) is 5.56 Å². The lowest BCUT2D eigenvalue weighted by atomic mass is 10.0. The van der Waals surface area contributed by atoms with Crippen molar-refractivity contribution in [3.8, 4) is 22.7 Å². The smallest absolute Gasteiger partial charge is 0.154 e. The van der Waals surface area contributed by atoms with Gasteiger partial charge in [-0.2, -0.15) is 0 Å². The minimum Gasteiger partial charge on any atom is -0.454 e. The Kier molecular flexibility index (Phi) is 4.15. The minimum atomic E-state index is -0.205. The van der Waals surface area contributed by atoms with Crippen molar-refractivity contribution in [2.75, 3.05) is 0 Å². The van der Waals surface area contributed by atoms with E-state index >= 15 is 0 Å². The molecule has 0 bridgehead atoms. The van der Waals surface area contributed by atoms with Gasteiger partial charge >= 0.3 is 0 Å². The van der Waals surface area contributed by atoms with Gasteiger partial charge in [0.2, 0.25) is 0 Å². The molecule has 0 unspecified atom stereocenters. The van der Waals surface area contributed by atoms with Crippen molar-refractivity contribution in [1.82, 2.24) is 4.98 Å². The van der Waals surface area contributed by atoms with Crippen LogP contribution in [0.2, 0.25) is 0 Å². The molecule has 26 heavy (non-hydrogen) atoms. The van der Waals surface area contributed by atoms with Crippen molar-refractivity contribution in [1.29, 1.82) is 0 Å². The first-order valence-electron chi connectivity index (χ1n) is 9.04. The molecule has 0 atom stereocenters. The Hall–Kier alpha value is -2.81. The maximum atomic E-state index is 14.0. The van der Waals surface area contributed by atoms with E-state index in [4.69, 9.17) is 4.42 Å². The number of aromatic amines is 1. The normalized spacial score (nSPS) is 11.4. The third-order valence-electron chi connectivity index (χ3n) is 4.89. The summed E-state index contributed by atoms with van der Waals surface area (Å²) in [5.74, 6) is 0.574. The Morgan fingerprint density at radius 2 is 1.69 bits per heavy atom. The Morgan fingerprint density at radius 3 is 2.42 bits per heavy atom. The molecule has 132 valence electrons. The van der Waals surface area contributed by atoms with Crippen molar-refractivity contribution >= 4 is 11.0 Å². The summed E-state index contributed by atoms with van der Waals surface area (Å²) in [7, 11) is 0. The van der Waals surface area contributed by atoms with Gasteiger partial charge in [-0.1, -0.05) is 43.2 Å². The molecule has 0 amide bonds. The molecule has 0 saturated heterocycles. The summed E-state index contributed by atoms with van der Waals surface area (Å²) in [4.78, 5) is 3.45. The summed E-state index contributed by atoms with van der Waals surface area (Å²) in [6.07, 6.45) is 1.76. The maximum Gasteiger partial charge on any atom is 0.154 e. The summed E-state index contributed by atoms with van der Waals surface area (Å²) in [5, 5.41) is 0.856. The number of halogens is 1. The number of benzene rings is 2. The first-order chi connectivity index (χ1) is 12.6. The molecule has 4 aromatic rings. The fourth-order valence-corrected chi connectivity index (χ4v) is 3.49. The first kappa shape index (κ1) is 16.6. The summed E-state index contributed by atoms with van der Waals surface area (Å²) in [6.45, 7) is 6.16. The molecule has 2 aromatic carbocycles. The highest BCUT2D eigenvalue weighted by molar-refractivity contribution is 5.89. The number of furan rings is 1. The van der Waals surface area contributed by atoms with Gasteiger partial charge in [0, 0.05) is 16.6 Å². The second kappa shape index (κ2) is 6.49. The van der Waals surface area contributed by atoms with Crippen LogP contribution in [0.15, 0.2) is 52.9 Å². The van der Waals surface area contributed by atoms with E-state index in [9.17, 15) is 4.39 Å². The highest BCUT2D eigenvalue weighted by atomic mass is 19.1. The third-order valence-corrected chi connectivity index (χ3v) is 4.89. The van der Waals surface area contributed by atoms with Gasteiger partial charge in [0.25, 0.3) is 0 Å². The molecule has 4 rings (SSSR count). The zero-order valence-electron chi connectivity index (χ0n) is 15.3. The fourth-order valence-electron chi connectivity index (χ4n) is 3.49. The van der Waals surface area contributed by atoms with Crippen molar-refractivity contribution in [2.45, 2.75) is 33.6 Å². The molecule has 0 aliphatic heterocycles. The largest absolute Gasteiger partial charge is 0.454 e. The van der Waals surface area contributed by atoms with Gasteiger partial charge in [0.1, 0.15) is 11.4 Å². The molecule has 0 radical (unpaired) electrons. The van der Waals surface area contributed by atoms with E-state index in [0.717, 1.165) is 57.6 Å². The van der Waals surface area contributed by atoms with Crippen LogP contribution in [0, 0.1) is 19.7 Å². The van der Waals surface area contributed by atoms with E-state index < -0.39 is 0 Å². The quantitative estimate of drug-likeness (QED) is 0.432. The molecular formula is C23H22FNO. The zero-order chi connectivity index (χ0) is 18.3. The molecule has 0 aliphatic carbocycles. The van der Waals surface area contributed by atoms with Gasteiger partial charge in [0.05, 0.1) is 5.69 Å². The van der Waals surface area contributed by atoms with Gasteiger partial charge in [0.15, 0.2) is 5.76 Å². The average molecular weight is 347 g/mol. The molecule has 0 spiro atoms. The molecule has 2 nitrogen and oxygen atoms in total. The predicted molar refractivity (Wildman–Crippen MR) is 105 cm³/mol. The SMILES string of the molecule is CCCc1cc(F)cc2c(C)c(-c3ccc(-c4ccc(C)cc4)[nH]3)oc12. The molecule has 0 fully saturated rings. The predicted octanol–water partition coefficient (Wildman–Crippen LogP) is 6.80. The number of H-pyrrole nitrogens is 1. The van der Waals surface area contributed by atoms with Gasteiger partial charge in [-0.3, -0.25) is 0 Å². The van der Waals surface area contributed by atoms with Crippen molar-refractivity contribution in [3.63, 3.8) is 0 Å². The van der Waals surface area contributed by atoms with E-state index in [2.05, 4.69) is 49.2 Å². The average Bonchev–Trinajstić information content (AvgIpc) is 3.22. The lowest BCUT2D eigenvalue weighted by Crippen LogP contribution is -1.86. The number of hydrogen-bond acceptors (Lipinski definition) is 1. The topological polar surface area (TPSA) is 28.9 Å². The monoisotopic (exact) mass is 347 g/mol. The number of fused-ring (bicyclic) bond motifs is 1. The van der Waals surface area contributed by atoms with Crippen molar-refractivity contribution in [2.24, 2.45) is 0 Å². The number of nitrogens with one attached hydrogen (secondary N) is 1. The van der Waals surface area contributed by atoms with E-state index in [1.54, 1.807) is 12.1 Å². The van der Waals surface area contributed by atoms with E-state index in [0.29, 0.717) is 0 Å². The second-order valence-corrected chi connectivity index (χ2v) is 6.90. The molecule has 2 heterocycles. The van der Waals surface area contributed by atoms with E-state index in [1.807, 2.05) is 13.0 Å². The number of aryl methyl sites for hydroxylation is 3. The lowest BCUT2D eigenvalue weighted by Gasteiger charge is -2.00. The fraction of sp³-hybridized carbons (Fsp3) is 0.217. The number of hydrogen-bond donors (Lipinski definition) is 1. The van der Waals surface area contributed by atoms with Crippen LogP contribution in [0.1, 0.15) is 30.0 Å². The lowest BCUT2D eigenvalue weighted by molar-refractivity contribution is 0.609. The van der Waals surface area contributed by atoms with Crippen LogP contribution >= 0.6 is 0 Å². The van der Waals surface area contributed by atoms with Gasteiger partial charge in [-0.05, 0) is 55.7 Å². The van der Waals surface area contributed by atoms with Gasteiger partial charge in [-0.15, -0.1) is 0 Å². The number of rotatable bonds is 4. The highest BCUT2D eigenvalue weighted by Gasteiger charge is 2.17. The Labute approximate surface area is 152 Å². The first-order valence-corrected chi connectivity index (χ1v) is 9.04. The molecular weight excluding hydrogens is 325 g/mol. The minimum absolute atomic E-state index is 0.205. The van der Waals surface area contributed by atoms with Crippen LogP contribution in [-0.4, -0.2) is 4.98 Å². The molecule has 1 N–H and O–H groups in total. The van der Waals surface area contributed by atoms with Crippen molar-refractivity contribution in [3.05, 3.63) is 71.0 Å². The standard InChI is InChI=1S/C23H22FNO/c1-4-5-17-12-18(24)13-19-15(3)22(26-23(17)19)21-11-10-20(25-21)16-8-6-14(2)7-9-16/h6-13,25H,4-5H2,1-3H3. The van der Waals surface area contributed by atoms with Crippen LogP contribution in [0.4, 0.5) is 4.39 Å². The van der Waals surface area contributed by atoms with Crippen LogP contribution in [0.25, 0.3) is 33.7 Å². The maximum absolute atomic E-state index is 14.0. The summed E-state index contributed by atoms with van der Waals surface area (Å²) in [6, 6.07) is 15.6. The van der Waals surface area contributed by atoms with Crippen LogP contribution in [0.5, 0.6) is 0 Å². The Balaban J connectivity index is 1.81. The third kappa shape index (κ3) is 2.84. The highest BCUT2D eigenvalue weighted by Crippen LogP contribution is 2.36. The zero-order valence-corrected chi connectivity index (χ0v) is 15.3. The van der Waals surface area contributed by atoms with Crippen molar-refractivity contribution < 1.29 is 8.81 Å². The van der Waals surface area contributed by atoms with E-state index in [-0.39, 0.29) is 5.82 Å². The molecule has 3 heteroatoms.